The number of nitrogens with one attached hydrogen (secondary N) is 1. The Morgan fingerprint density at radius 3 is 1.94 bits per heavy atom. The van der Waals surface area contributed by atoms with Gasteiger partial charge in [0.15, 0.2) is 0 Å². The molecule has 2 aromatic rings. The van der Waals surface area contributed by atoms with Crippen LogP contribution >= 0.6 is 0 Å². The van der Waals surface area contributed by atoms with Crippen molar-refractivity contribution >= 4 is 16.4 Å². The zero-order valence-electron chi connectivity index (χ0n) is 18.4. The summed E-state index contributed by atoms with van der Waals surface area (Å²) in [4.78, 5) is 14.6. The highest BCUT2D eigenvalue weighted by Crippen LogP contribution is 2.27. The highest BCUT2D eigenvalue weighted by Gasteiger charge is 2.30. The lowest BCUT2D eigenvalue weighted by atomic mass is 9.90. The van der Waals surface area contributed by atoms with E-state index >= 15 is 0 Å². The predicted octanol–water partition coefficient (Wildman–Crippen LogP) is 1.31. The van der Waals surface area contributed by atoms with Gasteiger partial charge in [0.1, 0.15) is 25.6 Å². The van der Waals surface area contributed by atoms with Crippen molar-refractivity contribution in [3.63, 3.8) is 0 Å². The number of esters is 1. The molecule has 8 nitrogen and oxygen atoms in total. The van der Waals surface area contributed by atoms with Crippen molar-refractivity contribution in [1.82, 2.24) is 0 Å². The van der Waals surface area contributed by atoms with Gasteiger partial charge < -0.3 is 18.9 Å². The topological polar surface area (TPSA) is 117 Å². The fourth-order valence-electron chi connectivity index (χ4n) is 3.67. The largest absolute Gasteiger partial charge is 0.726 e. The standard InChI is InChI=1S/C23H29NO3.H2O4S/c1-23(2,17-24-13-15-26-16-14-24)18-27-22(25)21(19-9-5-3-6-10-19)20-11-7-4-8-12-20;1-5(2,3)4/h3-12,21H,13-18H2,1-2H3;(H2,1,2,3,4). The van der Waals surface area contributed by atoms with Gasteiger partial charge in [-0.3, -0.25) is 9.35 Å². The summed E-state index contributed by atoms with van der Waals surface area (Å²) >= 11 is 0. The van der Waals surface area contributed by atoms with Gasteiger partial charge in [-0.25, -0.2) is 8.42 Å². The smallest absolute Gasteiger partial charge is 0.317 e. The minimum Gasteiger partial charge on any atom is -0.726 e. The maximum absolute atomic E-state index is 13.0. The minimum absolute atomic E-state index is 0.0692. The Labute approximate surface area is 189 Å². The number of carbonyl (C=O) groups excluding carboxylic acids is 1. The highest BCUT2D eigenvalue weighted by molar-refractivity contribution is 7.79. The lowest BCUT2D eigenvalue weighted by molar-refractivity contribution is -0.914. The van der Waals surface area contributed by atoms with E-state index in [0.717, 1.165) is 44.0 Å². The molecule has 2 N–H and O–H groups in total. The van der Waals surface area contributed by atoms with Crippen LogP contribution in [0.1, 0.15) is 30.9 Å². The summed E-state index contributed by atoms with van der Waals surface area (Å²) in [6.07, 6.45) is 0. The molecule has 1 aliphatic heterocycles. The van der Waals surface area contributed by atoms with E-state index in [0.29, 0.717) is 6.61 Å². The van der Waals surface area contributed by atoms with Crippen molar-refractivity contribution in [3.05, 3.63) is 71.8 Å². The Hall–Kier alpha value is -2.30. The van der Waals surface area contributed by atoms with Crippen LogP contribution in [0, 0.1) is 5.41 Å². The van der Waals surface area contributed by atoms with Crippen molar-refractivity contribution < 1.29 is 36.7 Å². The molecule has 0 aliphatic carbocycles. The molecule has 176 valence electrons. The van der Waals surface area contributed by atoms with E-state index in [1.54, 1.807) is 0 Å². The summed E-state index contributed by atoms with van der Waals surface area (Å²) in [6.45, 7) is 9.41. The summed E-state index contributed by atoms with van der Waals surface area (Å²) in [6, 6.07) is 19.7. The first-order valence-electron chi connectivity index (χ1n) is 10.4. The van der Waals surface area contributed by atoms with Crippen LogP contribution in [0.3, 0.4) is 0 Å². The minimum atomic E-state index is -4.92. The van der Waals surface area contributed by atoms with Crippen LogP contribution in [0.5, 0.6) is 0 Å². The van der Waals surface area contributed by atoms with Crippen LogP contribution < -0.4 is 4.90 Å². The normalized spacial score (nSPS) is 15.0. The number of carbonyl (C=O) groups is 1. The Bertz CT molecular complexity index is 880. The molecule has 3 rings (SSSR count). The summed E-state index contributed by atoms with van der Waals surface area (Å²) < 4.78 is 44.1. The molecular weight excluding hydrogens is 434 g/mol. The van der Waals surface area contributed by atoms with Crippen molar-refractivity contribution in [2.24, 2.45) is 5.41 Å². The van der Waals surface area contributed by atoms with Gasteiger partial charge >= 0.3 is 5.97 Å². The second-order valence-corrected chi connectivity index (χ2v) is 9.35. The van der Waals surface area contributed by atoms with Crippen molar-refractivity contribution in [2.75, 3.05) is 39.5 Å². The Balaban J connectivity index is 0.000000654. The second-order valence-electron chi connectivity index (χ2n) is 8.49. The van der Waals surface area contributed by atoms with Gasteiger partial charge in [-0.1, -0.05) is 74.5 Å². The molecule has 0 aromatic heterocycles. The van der Waals surface area contributed by atoms with Crippen LogP contribution in [-0.2, 0) is 24.7 Å². The number of ether oxygens (including phenoxy) is 2. The maximum atomic E-state index is 13.0. The molecule has 9 heteroatoms. The highest BCUT2D eigenvalue weighted by atomic mass is 32.3. The van der Waals surface area contributed by atoms with E-state index < -0.39 is 10.4 Å². The Morgan fingerprint density at radius 1 is 1.06 bits per heavy atom. The molecule has 0 spiro atoms. The SMILES string of the molecule is CC(C)(COC(=O)C(c1ccccc1)c1ccccc1)C[NH+]1CCOCC1.O=S(=O)([O-])O. The lowest BCUT2D eigenvalue weighted by Crippen LogP contribution is -3.15. The number of rotatable bonds is 7. The maximum Gasteiger partial charge on any atom is 0.317 e. The van der Waals surface area contributed by atoms with Crippen LogP contribution in [0.2, 0.25) is 0 Å². The van der Waals surface area contributed by atoms with Gasteiger partial charge in [0.2, 0.25) is 10.4 Å². The van der Waals surface area contributed by atoms with Crippen LogP contribution in [0.4, 0.5) is 0 Å². The summed E-state index contributed by atoms with van der Waals surface area (Å²) in [7, 11) is -4.92. The first-order valence-corrected chi connectivity index (χ1v) is 11.8. The van der Waals surface area contributed by atoms with Crippen LogP contribution in [0.25, 0.3) is 0 Å². The van der Waals surface area contributed by atoms with E-state index in [2.05, 4.69) is 13.8 Å². The summed E-state index contributed by atoms with van der Waals surface area (Å²) in [5.41, 5.74) is 1.86. The van der Waals surface area contributed by atoms with Gasteiger partial charge in [-0.15, -0.1) is 0 Å². The average molecular weight is 466 g/mol. The molecular formula is C23H31NO7S. The fourth-order valence-corrected chi connectivity index (χ4v) is 3.67. The first-order chi connectivity index (χ1) is 15.1. The monoisotopic (exact) mass is 465 g/mol. The fraction of sp³-hybridized carbons (Fsp3) is 0.435. The van der Waals surface area contributed by atoms with Gasteiger partial charge in [0.25, 0.3) is 0 Å². The molecule has 0 bridgehead atoms. The molecule has 0 unspecified atom stereocenters. The number of hydrogen-bond acceptors (Lipinski definition) is 6. The number of hydrogen-bond donors (Lipinski definition) is 2. The Kier molecular flexibility index (Phi) is 9.80. The molecule has 2 aromatic carbocycles. The molecule has 1 saturated heterocycles. The zero-order valence-corrected chi connectivity index (χ0v) is 19.2. The molecule has 1 heterocycles. The summed E-state index contributed by atoms with van der Waals surface area (Å²) in [5.74, 6) is -0.573. The van der Waals surface area contributed by atoms with Gasteiger partial charge in [0.05, 0.1) is 19.8 Å². The molecule has 1 fully saturated rings. The molecule has 1 aliphatic rings. The second kappa shape index (κ2) is 12.1. The third-order valence-electron chi connectivity index (χ3n) is 5.04. The first kappa shape index (κ1) is 26.0. The molecule has 0 radical (unpaired) electrons. The van der Waals surface area contributed by atoms with E-state index in [1.165, 1.54) is 4.90 Å². The number of quaternary nitrogens is 1. The number of benzene rings is 2. The van der Waals surface area contributed by atoms with Crippen molar-refractivity contribution in [2.45, 2.75) is 19.8 Å². The molecule has 0 amide bonds. The van der Waals surface area contributed by atoms with Gasteiger partial charge in [-0.05, 0) is 11.1 Å². The van der Waals surface area contributed by atoms with Crippen LogP contribution in [-0.4, -0.2) is 62.9 Å². The van der Waals surface area contributed by atoms with E-state index in [1.807, 2.05) is 60.7 Å². The van der Waals surface area contributed by atoms with Crippen molar-refractivity contribution in [1.29, 1.82) is 0 Å². The predicted molar refractivity (Wildman–Crippen MR) is 118 cm³/mol. The van der Waals surface area contributed by atoms with E-state index in [4.69, 9.17) is 27.0 Å². The molecule has 0 atom stereocenters. The Morgan fingerprint density at radius 2 is 1.50 bits per heavy atom. The van der Waals surface area contributed by atoms with Gasteiger partial charge in [0, 0.05) is 5.41 Å². The van der Waals surface area contributed by atoms with Crippen molar-refractivity contribution in [3.8, 4) is 0 Å². The van der Waals surface area contributed by atoms with E-state index in [-0.39, 0.29) is 17.3 Å². The molecule has 32 heavy (non-hydrogen) atoms. The summed E-state index contributed by atoms with van der Waals surface area (Å²) in [5, 5.41) is 0. The molecule has 0 saturated carbocycles. The third-order valence-corrected chi connectivity index (χ3v) is 5.04. The van der Waals surface area contributed by atoms with Crippen LogP contribution in [0.15, 0.2) is 60.7 Å². The number of morpholine rings is 1. The van der Waals surface area contributed by atoms with Gasteiger partial charge in [-0.2, -0.15) is 0 Å². The third kappa shape index (κ3) is 9.88. The quantitative estimate of drug-likeness (QED) is 0.360. The lowest BCUT2D eigenvalue weighted by Gasteiger charge is -2.32. The zero-order chi connectivity index (χ0) is 23.6. The van der Waals surface area contributed by atoms with E-state index in [9.17, 15) is 4.79 Å². The average Bonchev–Trinajstić information content (AvgIpc) is 2.73.